The standard InChI is InChI=1S/C23H29N5OS/c1-14-7-6-8-19(15(14)2)27-9-11-28(12-10-27)20(29)13-24-22-21-16(3)17(4)30-23(21)26-18(5)25-22/h6-8H,9-13H2,1-5H3,(H,24,25,26). The van der Waals surface area contributed by atoms with E-state index in [0.29, 0.717) is 0 Å². The Morgan fingerprint density at radius 2 is 1.77 bits per heavy atom. The summed E-state index contributed by atoms with van der Waals surface area (Å²) in [5.74, 6) is 1.60. The number of nitrogens with one attached hydrogen (secondary N) is 1. The highest BCUT2D eigenvalue weighted by molar-refractivity contribution is 7.18. The summed E-state index contributed by atoms with van der Waals surface area (Å²) < 4.78 is 0. The van der Waals surface area contributed by atoms with Crippen LogP contribution in [0.1, 0.15) is 27.4 Å². The van der Waals surface area contributed by atoms with Gasteiger partial charge in [0.2, 0.25) is 5.91 Å². The normalized spacial score (nSPS) is 14.4. The van der Waals surface area contributed by atoms with Gasteiger partial charge in [0.15, 0.2) is 0 Å². The van der Waals surface area contributed by atoms with Crippen LogP contribution in [0.15, 0.2) is 18.2 Å². The van der Waals surface area contributed by atoms with Crippen molar-refractivity contribution >= 4 is 39.0 Å². The topological polar surface area (TPSA) is 61.4 Å². The van der Waals surface area contributed by atoms with Crippen LogP contribution in [0.4, 0.5) is 11.5 Å². The maximum Gasteiger partial charge on any atom is 0.242 e. The Labute approximate surface area is 181 Å². The average molecular weight is 424 g/mol. The van der Waals surface area contributed by atoms with Gasteiger partial charge in [0.05, 0.1) is 11.9 Å². The predicted octanol–water partition coefficient (Wildman–Crippen LogP) is 3.99. The fourth-order valence-electron chi connectivity index (χ4n) is 4.03. The Morgan fingerprint density at radius 1 is 1.03 bits per heavy atom. The smallest absolute Gasteiger partial charge is 0.242 e. The highest BCUT2D eigenvalue weighted by atomic mass is 32.1. The third kappa shape index (κ3) is 3.86. The molecule has 1 amide bonds. The van der Waals surface area contributed by atoms with Crippen LogP contribution in [0.25, 0.3) is 10.2 Å². The number of aryl methyl sites for hydroxylation is 4. The van der Waals surface area contributed by atoms with Gasteiger partial charge in [-0.1, -0.05) is 12.1 Å². The quantitative estimate of drug-likeness (QED) is 0.687. The highest BCUT2D eigenvalue weighted by Crippen LogP contribution is 2.33. The van der Waals surface area contributed by atoms with E-state index in [-0.39, 0.29) is 12.5 Å². The molecule has 1 saturated heterocycles. The van der Waals surface area contributed by atoms with E-state index < -0.39 is 0 Å². The Bertz CT molecular complexity index is 1100. The van der Waals surface area contributed by atoms with E-state index in [9.17, 15) is 4.79 Å². The zero-order valence-electron chi connectivity index (χ0n) is 18.4. The van der Waals surface area contributed by atoms with Crippen LogP contribution in [0, 0.1) is 34.6 Å². The number of carbonyl (C=O) groups is 1. The van der Waals surface area contributed by atoms with Crippen LogP contribution >= 0.6 is 11.3 Å². The van der Waals surface area contributed by atoms with Crippen LogP contribution in [0.3, 0.4) is 0 Å². The maximum atomic E-state index is 12.9. The lowest BCUT2D eigenvalue weighted by molar-refractivity contribution is -0.129. The Hall–Kier alpha value is -2.67. The first kappa shape index (κ1) is 20.6. The van der Waals surface area contributed by atoms with E-state index in [1.807, 2.05) is 11.8 Å². The number of piperazine rings is 1. The molecular weight excluding hydrogens is 394 g/mol. The molecule has 1 aliphatic heterocycles. The van der Waals surface area contributed by atoms with Crippen molar-refractivity contribution in [3.63, 3.8) is 0 Å². The molecule has 0 spiro atoms. The molecule has 0 bridgehead atoms. The van der Waals surface area contributed by atoms with E-state index in [2.05, 4.69) is 66.1 Å². The summed E-state index contributed by atoms with van der Waals surface area (Å²) in [5, 5.41) is 4.33. The minimum absolute atomic E-state index is 0.115. The van der Waals surface area contributed by atoms with E-state index >= 15 is 0 Å². The van der Waals surface area contributed by atoms with Gasteiger partial charge >= 0.3 is 0 Å². The minimum atomic E-state index is 0.115. The number of amides is 1. The lowest BCUT2D eigenvalue weighted by Gasteiger charge is -2.37. The molecule has 1 aromatic carbocycles. The first-order valence-electron chi connectivity index (χ1n) is 10.4. The predicted molar refractivity (Wildman–Crippen MR) is 125 cm³/mol. The Balaban J connectivity index is 1.40. The minimum Gasteiger partial charge on any atom is -0.368 e. The Kier molecular flexibility index (Phi) is 5.64. The van der Waals surface area contributed by atoms with E-state index in [0.717, 1.165) is 48.0 Å². The monoisotopic (exact) mass is 423 g/mol. The summed E-state index contributed by atoms with van der Waals surface area (Å²) in [4.78, 5) is 28.5. The first-order valence-corrected chi connectivity index (χ1v) is 11.2. The molecule has 30 heavy (non-hydrogen) atoms. The first-order chi connectivity index (χ1) is 14.3. The molecule has 1 N–H and O–H groups in total. The Morgan fingerprint density at radius 3 is 2.50 bits per heavy atom. The summed E-state index contributed by atoms with van der Waals surface area (Å²) in [5.41, 5.74) is 5.10. The number of fused-ring (bicyclic) bond motifs is 1. The average Bonchev–Trinajstić information content (AvgIpc) is 3.01. The number of thiophene rings is 1. The van der Waals surface area contributed by atoms with Crippen LogP contribution in [0.5, 0.6) is 0 Å². The molecule has 1 fully saturated rings. The third-order valence-electron chi connectivity index (χ3n) is 6.10. The number of anilines is 2. The molecule has 1 aliphatic rings. The zero-order valence-corrected chi connectivity index (χ0v) is 19.2. The number of rotatable bonds is 4. The number of nitrogens with zero attached hydrogens (tertiary/aromatic N) is 4. The summed E-state index contributed by atoms with van der Waals surface area (Å²) in [6.45, 7) is 13.8. The zero-order chi connectivity index (χ0) is 21.4. The van der Waals surface area contributed by atoms with E-state index in [4.69, 9.17) is 0 Å². The highest BCUT2D eigenvalue weighted by Gasteiger charge is 2.23. The van der Waals surface area contributed by atoms with Crippen LogP contribution < -0.4 is 10.2 Å². The van der Waals surface area contributed by atoms with Crippen molar-refractivity contribution in [3.05, 3.63) is 45.6 Å². The van der Waals surface area contributed by atoms with Gasteiger partial charge in [0.25, 0.3) is 0 Å². The van der Waals surface area contributed by atoms with Crippen molar-refractivity contribution in [2.24, 2.45) is 0 Å². The van der Waals surface area contributed by atoms with E-state index in [1.54, 1.807) is 11.3 Å². The number of benzene rings is 1. The van der Waals surface area contributed by atoms with Crippen molar-refractivity contribution < 1.29 is 4.79 Å². The molecule has 0 aliphatic carbocycles. The van der Waals surface area contributed by atoms with Crippen molar-refractivity contribution in [2.45, 2.75) is 34.6 Å². The van der Waals surface area contributed by atoms with Crippen LogP contribution in [-0.4, -0.2) is 53.5 Å². The van der Waals surface area contributed by atoms with Gasteiger partial charge in [0, 0.05) is 36.7 Å². The number of aromatic nitrogens is 2. The molecule has 4 rings (SSSR count). The summed E-state index contributed by atoms with van der Waals surface area (Å²) >= 11 is 1.68. The van der Waals surface area contributed by atoms with Crippen LogP contribution in [0.2, 0.25) is 0 Å². The third-order valence-corrected chi connectivity index (χ3v) is 7.20. The lowest BCUT2D eigenvalue weighted by Crippen LogP contribution is -2.50. The molecule has 3 aromatic rings. The molecule has 0 unspecified atom stereocenters. The van der Waals surface area contributed by atoms with Gasteiger partial charge in [-0.3, -0.25) is 4.79 Å². The van der Waals surface area contributed by atoms with Gasteiger partial charge in [-0.15, -0.1) is 11.3 Å². The maximum absolute atomic E-state index is 12.9. The molecule has 6 nitrogen and oxygen atoms in total. The summed E-state index contributed by atoms with van der Waals surface area (Å²) in [7, 11) is 0. The second-order valence-corrected chi connectivity index (χ2v) is 9.23. The molecular formula is C23H29N5OS. The summed E-state index contributed by atoms with van der Waals surface area (Å²) in [6.07, 6.45) is 0. The molecule has 0 radical (unpaired) electrons. The van der Waals surface area contributed by atoms with Crippen molar-refractivity contribution in [1.29, 1.82) is 0 Å². The molecule has 0 atom stereocenters. The van der Waals surface area contributed by atoms with Gasteiger partial charge < -0.3 is 15.1 Å². The van der Waals surface area contributed by atoms with E-state index in [1.165, 1.54) is 27.3 Å². The number of hydrogen-bond acceptors (Lipinski definition) is 6. The number of hydrogen-bond donors (Lipinski definition) is 1. The van der Waals surface area contributed by atoms with Gasteiger partial charge in [-0.05, 0) is 57.4 Å². The van der Waals surface area contributed by atoms with Gasteiger partial charge in [-0.25, -0.2) is 9.97 Å². The van der Waals surface area contributed by atoms with Crippen LogP contribution in [-0.2, 0) is 4.79 Å². The fraction of sp³-hybridized carbons (Fsp3) is 0.435. The molecule has 7 heteroatoms. The molecule has 3 heterocycles. The molecule has 0 saturated carbocycles. The largest absolute Gasteiger partial charge is 0.368 e. The van der Waals surface area contributed by atoms with Crippen molar-refractivity contribution in [1.82, 2.24) is 14.9 Å². The van der Waals surface area contributed by atoms with Gasteiger partial charge in [-0.2, -0.15) is 0 Å². The lowest BCUT2D eigenvalue weighted by atomic mass is 10.1. The van der Waals surface area contributed by atoms with Crippen molar-refractivity contribution in [3.8, 4) is 0 Å². The fourth-order valence-corrected chi connectivity index (χ4v) is 5.11. The van der Waals surface area contributed by atoms with Crippen molar-refractivity contribution in [2.75, 3.05) is 42.9 Å². The second kappa shape index (κ2) is 8.22. The number of carbonyl (C=O) groups excluding carboxylic acids is 1. The van der Waals surface area contributed by atoms with Gasteiger partial charge in [0.1, 0.15) is 16.5 Å². The SMILES string of the molecule is Cc1nc(NCC(=O)N2CCN(c3cccc(C)c3C)CC2)c2c(C)c(C)sc2n1. The second-order valence-electron chi connectivity index (χ2n) is 8.02. The molecule has 2 aromatic heterocycles. The molecule has 158 valence electrons. The summed E-state index contributed by atoms with van der Waals surface area (Å²) in [6, 6.07) is 6.43.